The molecule has 2 aromatic carbocycles. The fourth-order valence-corrected chi connectivity index (χ4v) is 3.60. The van der Waals surface area contributed by atoms with Gasteiger partial charge in [-0.1, -0.05) is 35.9 Å². The van der Waals surface area contributed by atoms with Crippen LogP contribution in [0.15, 0.2) is 65.2 Å². The molecule has 0 unspecified atom stereocenters. The molecule has 7 heteroatoms. The molecule has 0 spiro atoms. The van der Waals surface area contributed by atoms with Crippen molar-refractivity contribution in [1.29, 1.82) is 0 Å². The molecule has 0 aromatic heterocycles. The molecule has 0 amide bonds. The van der Waals surface area contributed by atoms with Crippen molar-refractivity contribution in [2.75, 3.05) is 5.32 Å². The third-order valence-corrected chi connectivity index (χ3v) is 5.04. The molecule has 27 heavy (non-hydrogen) atoms. The molecule has 0 bridgehead atoms. The van der Waals surface area contributed by atoms with Gasteiger partial charge in [-0.3, -0.25) is 0 Å². The first-order valence-corrected chi connectivity index (χ1v) is 9.60. The van der Waals surface area contributed by atoms with Crippen LogP contribution in [0.3, 0.4) is 0 Å². The second-order valence-electron chi connectivity index (χ2n) is 6.30. The van der Waals surface area contributed by atoms with Crippen molar-refractivity contribution in [3.8, 4) is 0 Å². The maximum atomic E-state index is 12.0. The smallest absolute Gasteiger partial charge is 0.350 e. The number of hydrogen-bond acceptors (Lipinski definition) is 6. The van der Waals surface area contributed by atoms with Gasteiger partial charge in [0, 0.05) is 35.7 Å². The lowest BCUT2D eigenvalue weighted by Gasteiger charge is -2.29. The third kappa shape index (κ3) is 5.05. The van der Waals surface area contributed by atoms with Gasteiger partial charge in [0.1, 0.15) is 0 Å². The van der Waals surface area contributed by atoms with Gasteiger partial charge in [-0.2, -0.15) is 0 Å². The number of nitrogens with one attached hydrogen (secondary N) is 1. The number of anilines is 1. The average molecular weight is 404 g/mol. The number of carbonyl (C=O) groups is 2. The Kier molecular flexibility index (Phi) is 5.77. The molecule has 140 valence electrons. The highest BCUT2D eigenvalue weighted by Gasteiger charge is 2.38. The molecule has 1 heterocycles. The Balaban J connectivity index is 1.72. The van der Waals surface area contributed by atoms with E-state index in [9.17, 15) is 9.59 Å². The first kappa shape index (κ1) is 19.3. The van der Waals surface area contributed by atoms with E-state index in [0.29, 0.717) is 5.02 Å². The minimum absolute atomic E-state index is 0.177. The van der Waals surface area contributed by atoms with Crippen molar-refractivity contribution in [3.63, 3.8) is 0 Å². The topological polar surface area (TPSA) is 64.6 Å². The number of cyclic esters (lactones) is 2. The van der Waals surface area contributed by atoms with E-state index in [1.54, 1.807) is 11.8 Å². The average Bonchev–Trinajstić information content (AvgIpc) is 2.59. The van der Waals surface area contributed by atoms with E-state index >= 15 is 0 Å². The maximum Gasteiger partial charge on any atom is 0.350 e. The second kappa shape index (κ2) is 8.06. The molecular weight excluding hydrogens is 386 g/mol. The van der Waals surface area contributed by atoms with Crippen LogP contribution in [0.4, 0.5) is 5.69 Å². The van der Waals surface area contributed by atoms with E-state index in [0.717, 1.165) is 21.9 Å². The van der Waals surface area contributed by atoms with E-state index in [2.05, 4.69) is 5.32 Å². The normalized spacial score (nSPS) is 15.7. The lowest BCUT2D eigenvalue weighted by molar-refractivity contribution is -0.222. The Hall–Kier alpha value is -2.44. The molecule has 0 atom stereocenters. The molecule has 1 N–H and O–H groups in total. The Morgan fingerprint density at radius 2 is 1.78 bits per heavy atom. The van der Waals surface area contributed by atoms with Crippen LogP contribution in [0.5, 0.6) is 0 Å². The van der Waals surface area contributed by atoms with Crippen molar-refractivity contribution < 1.29 is 19.1 Å². The molecule has 2 aromatic rings. The van der Waals surface area contributed by atoms with Crippen LogP contribution >= 0.6 is 23.4 Å². The van der Waals surface area contributed by atoms with E-state index in [-0.39, 0.29) is 5.57 Å². The fourth-order valence-electron chi connectivity index (χ4n) is 2.43. The number of esters is 2. The van der Waals surface area contributed by atoms with Crippen LogP contribution < -0.4 is 5.32 Å². The van der Waals surface area contributed by atoms with E-state index in [1.807, 2.05) is 48.5 Å². The van der Waals surface area contributed by atoms with Crippen molar-refractivity contribution in [2.45, 2.75) is 30.3 Å². The van der Waals surface area contributed by atoms with E-state index < -0.39 is 17.7 Å². The van der Waals surface area contributed by atoms with Crippen LogP contribution in [0, 0.1) is 0 Å². The van der Waals surface area contributed by atoms with Gasteiger partial charge < -0.3 is 14.8 Å². The summed E-state index contributed by atoms with van der Waals surface area (Å²) in [5.74, 6) is -1.95. The van der Waals surface area contributed by atoms with Crippen molar-refractivity contribution in [2.24, 2.45) is 0 Å². The third-order valence-electron chi connectivity index (χ3n) is 3.66. The number of hydrogen-bond donors (Lipinski definition) is 1. The van der Waals surface area contributed by atoms with Gasteiger partial charge in [0.05, 0.1) is 5.69 Å². The summed E-state index contributed by atoms with van der Waals surface area (Å²) in [5.41, 5.74) is 1.69. The molecule has 0 saturated carbocycles. The zero-order valence-corrected chi connectivity index (χ0v) is 16.4. The molecule has 3 rings (SSSR count). The summed E-state index contributed by atoms with van der Waals surface area (Å²) in [4.78, 5) is 25.0. The number of halogens is 1. The van der Waals surface area contributed by atoms with E-state index in [1.165, 1.54) is 20.0 Å². The summed E-state index contributed by atoms with van der Waals surface area (Å²) in [7, 11) is 0. The SMILES string of the molecule is CC1(C)OC(=O)C(=CNc2ccccc2SCc2cccc(Cl)c2)C(=O)O1. The lowest BCUT2D eigenvalue weighted by atomic mass is 10.2. The van der Waals surface area contributed by atoms with Crippen LogP contribution in [-0.2, 0) is 24.8 Å². The molecule has 5 nitrogen and oxygen atoms in total. The minimum Gasteiger partial charge on any atom is -0.419 e. The standard InChI is InChI=1S/C20H18ClNO4S/c1-20(2)25-18(23)15(19(24)26-20)11-22-16-8-3-4-9-17(16)27-12-13-6-5-7-14(21)10-13/h3-11,22H,12H2,1-2H3. The van der Waals surface area contributed by atoms with Gasteiger partial charge >= 0.3 is 11.9 Å². The summed E-state index contributed by atoms with van der Waals surface area (Å²) in [6, 6.07) is 15.3. The van der Waals surface area contributed by atoms with E-state index in [4.69, 9.17) is 21.1 Å². The molecule has 1 fully saturated rings. The molecule has 1 saturated heterocycles. The quantitative estimate of drug-likeness (QED) is 0.336. The highest BCUT2D eigenvalue weighted by molar-refractivity contribution is 7.98. The summed E-state index contributed by atoms with van der Waals surface area (Å²) in [5, 5.41) is 3.70. The van der Waals surface area contributed by atoms with Crippen LogP contribution in [0.25, 0.3) is 0 Å². The van der Waals surface area contributed by atoms with Crippen LogP contribution in [-0.4, -0.2) is 17.7 Å². The molecule has 0 aliphatic carbocycles. The Labute approximate surface area is 166 Å². The van der Waals surface area contributed by atoms with Gasteiger partial charge in [0.15, 0.2) is 5.57 Å². The number of thioether (sulfide) groups is 1. The largest absolute Gasteiger partial charge is 0.419 e. The number of ether oxygens (including phenoxy) is 2. The van der Waals surface area contributed by atoms with Crippen molar-refractivity contribution >= 4 is 41.0 Å². The first-order valence-electron chi connectivity index (χ1n) is 8.24. The summed E-state index contributed by atoms with van der Waals surface area (Å²) < 4.78 is 10.2. The number of carbonyl (C=O) groups excluding carboxylic acids is 2. The number of para-hydroxylation sites is 1. The van der Waals surface area contributed by atoms with Crippen LogP contribution in [0.1, 0.15) is 19.4 Å². The van der Waals surface area contributed by atoms with Crippen molar-refractivity contribution in [3.05, 3.63) is 70.9 Å². The predicted octanol–water partition coefficient (Wildman–Crippen LogP) is 4.76. The Morgan fingerprint density at radius 3 is 2.48 bits per heavy atom. The van der Waals surface area contributed by atoms with Gasteiger partial charge in [-0.05, 0) is 29.8 Å². The number of rotatable bonds is 5. The van der Waals surface area contributed by atoms with Crippen LogP contribution in [0.2, 0.25) is 5.02 Å². The first-order chi connectivity index (χ1) is 12.8. The minimum atomic E-state index is -1.25. The molecule has 1 aliphatic heterocycles. The summed E-state index contributed by atoms with van der Waals surface area (Å²) >= 11 is 7.64. The highest BCUT2D eigenvalue weighted by Crippen LogP contribution is 2.31. The number of benzene rings is 2. The zero-order valence-electron chi connectivity index (χ0n) is 14.8. The fraction of sp³-hybridized carbons (Fsp3) is 0.200. The monoisotopic (exact) mass is 403 g/mol. The Bertz CT molecular complexity index is 888. The second-order valence-corrected chi connectivity index (χ2v) is 7.75. The molecule has 0 radical (unpaired) electrons. The van der Waals surface area contributed by atoms with Crippen molar-refractivity contribution in [1.82, 2.24) is 0 Å². The van der Waals surface area contributed by atoms with Gasteiger partial charge in [0.2, 0.25) is 0 Å². The summed E-state index contributed by atoms with van der Waals surface area (Å²) in [6.07, 6.45) is 1.32. The maximum absolute atomic E-state index is 12.0. The molecule has 1 aliphatic rings. The molecular formula is C20H18ClNO4S. The van der Waals surface area contributed by atoms with Gasteiger partial charge in [-0.25, -0.2) is 9.59 Å². The lowest BCUT2D eigenvalue weighted by Crippen LogP contribution is -2.42. The Morgan fingerprint density at radius 1 is 1.07 bits per heavy atom. The zero-order chi connectivity index (χ0) is 19.4. The summed E-state index contributed by atoms with van der Waals surface area (Å²) in [6.45, 7) is 3.02. The predicted molar refractivity (Wildman–Crippen MR) is 105 cm³/mol. The van der Waals surface area contributed by atoms with Gasteiger partial charge in [-0.15, -0.1) is 11.8 Å². The van der Waals surface area contributed by atoms with Gasteiger partial charge in [0.25, 0.3) is 5.79 Å². The highest BCUT2D eigenvalue weighted by atomic mass is 35.5.